The predicted octanol–water partition coefficient (Wildman–Crippen LogP) is 2.66. The zero-order chi connectivity index (χ0) is 14.0. The van der Waals surface area contributed by atoms with Crippen molar-refractivity contribution >= 4 is 0 Å². The molecular weight excluding hydrogens is 259 g/mol. The predicted molar refractivity (Wildman–Crippen MR) is 64.1 cm³/mol. The molecule has 3 N–H and O–H groups in total. The van der Waals surface area contributed by atoms with Gasteiger partial charge >= 0.3 is 6.18 Å². The molecule has 1 fully saturated rings. The lowest BCUT2D eigenvalue weighted by atomic mass is 9.89. The minimum atomic E-state index is -4.53. The van der Waals surface area contributed by atoms with Crippen LogP contribution in [0.4, 0.5) is 13.2 Å². The summed E-state index contributed by atoms with van der Waals surface area (Å²) in [5.41, 5.74) is -1.07. The summed E-state index contributed by atoms with van der Waals surface area (Å²) in [5, 5.41) is 22.2. The molecule has 6 heteroatoms. The van der Waals surface area contributed by atoms with E-state index in [1.54, 1.807) is 0 Å². The van der Waals surface area contributed by atoms with Gasteiger partial charge in [0.2, 0.25) is 0 Å². The maximum absolute atomic E-state index is 12.9. The van der Waals surface area contributed by atoms with Crippen molar-refractivity contribution in [1.29, 1.82) is 0 Å². The summed E-state index contributed by atoms with van der Waals surface area (Å²) in [4.78, 5) is 0. The Bertz CT molecular complexity index is 454. The van der Waals surface area contributed by atoms with E-state index >= 15 is 0 Å². The van der Waals surface area contributed by atoms with Crippen molar-refractivity contribution in [3.05, 3.63) is 23.3 Å². The number of phenolic OH excluding ortho intramolecular Hbond substituents is 2. The van der Waals surface area contributed by atoms with Gasteiger partial charge in [0.1, 0.15) is 0 Å². The first-order valence-electron chi connectivity index (χ1n) is 6.21. The third-order valence-corrected chi connectivity index (χ3v) is 3.46. The average molecular weight is 275 g/mol. The second-order valence-electron chi connectivity index (χ2n) is 4.87. The first kappa shape index (κ1) is 14.0. The molecule has 0 spiro atoms. The smallest absolute Gasteiger partial charge is 0.416 e. The van der Waals surface area contributed by atoms with Gasteiger partial charge in [-0.15, -0.1) is 0 Å². The molecule has 2 rings (SSSR count). The van der Waals surface area contributed by atoms with Crippen molar-refractivity contribution < 1.29 is 23.4 Å². The van der Waals surface area contributed by atoms with Gasteiger partial charge in [-0.3, -0.25) is 0 Å². The van der Waals surface area contributed by atoms with E-state index in [1.165, 1.54) is 0 Å². The van der Waals surface area contributed by atoms with E-state index in [4.69, 9.17) is 0 Å². The van der Waals surface area contributed by atoms with E-state index in [0.29, 0.717) is 6.54 Å². The molecule has 1 aromatic rings. The largest absolute Gasteiger partial charge is 0.504 e. The van der Waals surface area contributed by atoms with Gasteiger partial charge in [-0.1, -0.05) is 0 Å². The fourth-order valence-electron chi connectivity index (χ4n) is 2.48. The summed E-state index contributed by atoms with van der Waals surface area (Å²) >= 11 is 0. The van der Waals surface area contributed by atoms with Crippen LogP contribution in [0, 0.1) is 5.92 Å². The number of aromatic hydroxyl groups is 2. The molecule has 0 saturated carbocycles. The highest BCUT2D eigenvalue weighted by molar-refractivity contribution is 5.50. The van der Waals surface area contributed by atoms with Crippen LogP contribution in [-0.4, -0.2) is 23.3 Å². The van der Waals surface area contributed by atoms with Crippen LogP contribution in [0.25, 0.3) is 0 Å². The Hall–Kier alpha value is -1.43. The molecule has 1 heterocycles. The van der Waals surface area contributed by atoms with Gasteiger partial charge in [0, 0.05) is 5.56 Å². The van der Waals surface area contributed by atoms with Gasteiger partial charge in [-0.05, 0) is 50.4 Å². The zero-order valence-corrected chi connectivity index (χ0v) is 10.3. The van der Waals surface area contributed by atoms with E-state index < -0.39 is 23.2 Å². The highest BCUT2D eigenvalue weighted by Gasteiger charge is 2.35. The number of halogens is 3. The number of rotatable bonds is 2. The minimum absolute atomic E-state index is 0.0440. The summed E-state index contributed by atoms with van der Waals surface area (Å²) in [7, 11) is 0. The van der Waals surface area contributed by atoms with E-state index in [-0.39, 0.29) is 17.9 Å². The Morgan fingerprint density at radius 1 is 1.26 bits per heavy atom. The Kier molecular flexibility index (Phi) is 3.89. The molecule has 0 aliphatic carbocycles. The molecule has 0 aromatic heterocycles. The van der Waals surface area contributed by atoms with Crippen molar-refractivity contribution in [3.63, 3.8) is 0 Å². The lowest BCUT2D eigenvalue weighted by molar-refractivity contribution is -0.138. The van der Waals surface area contributed by atoms with Crippen LogP contribution in [0.3, 0.4) is 0 Å². The molecule has 3 nitrogen and oxygen atoms in total. The second kappa shape index (κ2) is 5.28. The van der Waals surface area contributed by atoms with Crippen molar-refractivity contribution in [2.45, 2.75) is 25.4 Å². The number of benzene rings is 1. The van der Waals surface area contributed by atoms with Crippen LogP contribution >= 0.6 is 0 Å². The standard InChI is InChI=1S/C13H16F3NO2/c14-13(15,16)10-3-4-11(18)12(19)9(10)6-8-2-1-5-17-7-8/h3-4,8,17-19H,1-2,5-7H2. The summed E-state index contributed by atoms with van der Waals surface area (Å²) in [5.74, 6) is -1.12. The summed E-state index contributed by atoms with van der Waals surface area (Å²) in [6.07, 6.45) is -2.68. The van der Waals surface area contributed by atoms with E-state index in [0.717, 1.165) is 31.5 Å². The Morgan fingerprint density at radius 2 is 2.00 bits per heavy atom. The Morgan fingerprint density at radius 3 is 2.58 bits per heavy atom. The molecule has 106 valence electrons. The molecule has 0 radical (unpaired) electrons. The van der Waals surface area contributed by atoms with E-state index in [1.807, 2.05) is 0 Å². The number of hydrogen-bond acceptors (Lipinski definition) is 3. The molecule has 0 bridgehead atoms. The summed E-state index contributed by atoms with van der Waals surface area (Å²) < 4.78 is 38.7. The Labute approximate surface area is 109 Å². The molecule has 1 aliphatic rings. The maximum Gasteiger partial charge on any atom is 0.416 e. The van der Waals surface area contributed by atoms with Crippen LogP contribution in [0.2, 0.25) is 0 Å². The first-order valence-corrected chi connectivity index (χ1v) is 6.21. The molecule has 19 heavy (non-hydrogen) atoms. The third kappa shape index (κ3) is 3.12. The van der Waals surface area contributed by atoms with Crippen molar-refractivity contribution in [3.8, 4) is 11.5 Å². The molecule has 1 atom stereocenters. The van der Waals surface area contributed by atoms with Gasteiger partial charge in [0.15, 0.2) is 11.5 Å². The number of piperidine rings is 1. The lowest BCUT2D eigenvalue weighted by Crippen LogP contribution is -2.31. The average Bonchev–Trinajstić information content (AvgIpc) is 2.35. The molecule has 1 unspecified atom stereocenters. The van der Waals surface area contributed by atoms with Crippen LogP contribution < -0.4 is 5.32 Å². The number of hydrogen-bond donors (Lipinski definition) is 3. The van der Waals surface area contributed by atoms with Crippen molar-refractivity contribution in [2.24, 2.45) is 5.92 Å². The van der Waals surface area contributed by atoms with Gasteiger partial charge in [-0.25, -0.2) is 0 Å². The van der Waals surface area contributed by atoms with Gasteiger partial charge in [0.25, 0.3) is 0 Å². The molecule has 1 aliphatic heterocycles. The van der Waals surface area contributed by atoms with Crippen molar-refractivity contribution in [2.75, 3.05) is 13.1 Å². The van der Waals surface area contributed by atoms with Gasteiger partial charge in [0.05, 0.1) is 5.56 Å². The fraction of sp³-hybridized carbons (Fsp3) is 0.538. The normalized spacial score (nSPS) is 20.5. The number of alkyl halides is 3. The first-order chi connectivity index (χ1) is 8.89. The maximum atomic E-state index is 12.9. The second-order valence-corrected chi connectivity index (χ2v) is 4.87. The van der Waals surface area contributed by atoms with E-state index in [9.17, 15) is 23.4 Å². The third-order valence-electron chi connectivity index (χ3n) is 3.46. The van der Waals surface area contributed by atoms with Crippen LogP contribution in [0.15, 0.2) is 12.1 Å². The zero-order valence-electron chi connectivity index (χ0n) is 10.3. The monoisotopic (exact) mass is 275 g/mol. The van der Waals surface area contributed by atoms with Crippen LogP contribution in [0.1, 0.15) is 24.0 Å². The molecule has 1 saturated heterocycles. The lowest BCUT2D eigenvalue weighted by Gasteiger charge is -2.24. The van der Waals surface area contributed by atoms with E-state index in [2.05, 4.69) is 5.32 Å². The molecule has 1 aromatic carbocycles. The Balaban J connectivity index is 2.33. The number of phenols is 2. The summed E-state index contributed by atoms with van der Waals surface area (Å²) in [6.45, 7) is 1.50. The van der Waals surface area contributed by atoms with Crippen molar-refractivity contribution in [1.82, 2.24) is 5.32 Å². The fourth-order valence-corrected chi connectivity index (χ4v) is 2.48. The van der Waals surface area contributed by atoms with Gasteiger partial charge < -0.3 is 15.5 Å². The topological polar surface area (TPSA) is 52.5 Å². The SMILES string of the molecule is Oc1ccc(C(F)(F)F)c(CC2CCCNC2)c1O. The summed E-state index contributed by atoms with van der Waals surface area (Å²) in [6, 6.07) is 1.70. The molecular formula is C13H16F3NO2. The van der Waals surface area contributed by atoms with Crippen LogP contribution in [0.5, 0.6) is 11.5 Å². The molecule has 0 amide bonds. The quantitative estimate of drug-likeness (QED) is 0.727. The minimum Gasteiger partial charge on any atom is -0.504 e. The van der Waals surface area contributed by atoms with Gasteiger partial charge in [-0.2, -0.15) is 13.2 Å². The highest BCUT2D eigenvalue weighted by atomic mass is 19.4. The highest BCUT2D eigenvalue weighted by Crippen LogP contribution is 2.41. The van der Waals surface area contributed by atoms with Crippen LogP contribution in [-0.2, 0) is 12.6 Å². The number of nitrogens with one attached hydrogen (secondary N) is 1.